The Hall–Kier alpha value is -2.38. The first kappa shape index (κ1) is 15.5. The molecule has 0 aliphatic carbocycles. The third-order valence-corrected chi connectivity index (χ3v) is 3.43. The summed E-state index contributed by atoms with van der Waals surface area (Å²) >= 11 is 6.00. The number of nitrogens with zero attached hydrogens (tertiary/aromatic N) is 3. The molecule has 1 aliphatic heterocycles. The fourth-order valence-corrected chi connectivity index (χ4v) is 2.11. The molecule has 0 unspecified atom stereocenters. The van der Waals surface area contributed by atoms with Crippen molar-refractivity contribution < 1.29 is 9.53 Å². The van der Waals surface area contributed by atoms with Crippen molar-refractivity contribution in [3.05, 3.63) is 41.8 Å². The van der Waals surface area contributed by atoms with Gasteiger partial charge in [-0.15, -0.1) is 0 Å². The lowest BCUT2D eigenvalue weighted by atomic mass is 10.3. The number of carbonyl (C=O) groups is 1. The van der Waals surface area contributed by atoms with Crippen LogP contribution in [0.5, 0.6) is 5.75 Å². The molecule has 0 radical (unpaired) electrons. The molecule has 7 nitrogen and oxygen atoms in total. The number of halogens is 1. The number of anilines is 2. The summed E-state index contributed by atoms with van der Waals surface area (Å²) in [6, 6.07) is 4.66. The van der Waals surface area contributed by atoms with Gasteiger partial charge in [0.25, 0.3) is 0 Å². The molecule has 2 aromatic rings. The average molecular weight is 334 g/mol. The predicted octanol–water partition coefficient (Wildman–Crippen LogP) is 2.47. The van der Waals surface area contributed by atoms with Gasteiger partial charge in [0.1, 0.15) is 12.4 Å². The summed E-state index contributed by atoms with van der Waals surface area (Å²) in [6.07, 6.45) is 4.48. The van der Waals surface area contributed by atoms with Gasteiger partial charge in [0, 0.05) is 37.1 Å². The molecule has 0 saturated carbocycles. The van der Waals surface area contributed by atoms with Gasteiger partial charge in [0.05, 0.1) is 11.9 Å². The molecule has 0 spiro atoms. The first-order valence-electron chi connectivity index (χ1n) is 7.19. The molecule has 3 rings (SSSR count). The van der Waals surface area contributed by atoms with Crippen LogP contribution in [0.15, 0.2) is 36.8 Å². The molecule has 23 heavy (non-hydrogen) atoms. The number of aromatic nitrogens is 2. The zero-order valence-electron chi connectivity index (χ0n) is 12.3. The third kappa shape index (κ3) is 4.80. The first-order valence-corrected chi connectivity index (χ1v) is 7.57. The lowest BCUT2D eigenvalue weighted by Gasteiger charge is -2.13. The molecule has 2 heterocycles. The Kier molecular flexibility index (Phi) is 4.89. The second kappa shape index (κ2) is 7.26. The maximum absolute atomic E-state index is 12.0. The summed E-state index contributed by atoms with van der Waals surface area (Å²) in [5, 5.41) is 5.82. The minimum absolute atomic E-state index is 0.357. The second-order valence-electron chi connectivity index (χ2n) is 5.00. The van der Waals surface area contributed by atoms with Crippen LogP contribution in [0.4, 0.5) is 16.3 Å². The van der Waals surface area contributed by atoms with Crippen LogP contribution in [0.3, 0.4) is 0 Å². The number of hydrogen-bond donors (Lipinski definition) is 2. The highest BCUT2D eigenvalue weighted by atomic mass is 35.5. The van der Waals surface area contributed by atoms with E-state index in [-0.39, 0.29) is 0 Å². The molecular weight excluding hydrogens is 318 g/mol. The lowest BCUT2D eigenvalue weighted by Crippen LogP contribution is -2.21. The predicted molar refractivity (Wildman–Crippen MR) is 88.1 cm³/mol. The quantitative estimate of drug-likeness (QED) is 0.794. The van der Waals surface area contributed by atoms with E-state index < -0.39 is 6.03 Å². The smallest absolute Gasteiger partial charge is 0.325 e. The molecule has 2 amide bonds. The number of rotatable bonds is 6. The maximum Gasteiger partial charge on any atom is 0.325 e. The van der Waals surface area contributed by atoms with Crippen LogP contribution >= 0.6 is 11.6 Å². The van der Waals surface area contributed by atoms with Crippen LogP contribution < -0.4 is 15.4 Å². The Morgan fingerprint density at radius 3 is 2.91 bits per heavy atom. The Balaban J connectivity index is 1.62. The van der Waals surface area contributed by atoms with Crippen LogP contribution in [0.25, 0.3) is 0 Å². The summed E-state index contributed by atoms with van der Waals surface area (Å²) < 4.78 is 5.72. The fourth-order valence-electron chi connectivity index (χ4n) is 1.94. The van der Waals surface area contributed by atoms with Crippen molar-refractivity contribution in [2.75, 3.05) is 36.9 Å². The van der Waals surface area contributed by atoms with Gasteiger partial charge in [-0.25, -0.2) is 9.78 Å². The molecule has 0 atom stereocenters. The molecule has 1 saturated heterocycles. The van der Waals surface area contributed by atoms with Gasteiger partial charge >= 0.3 is 6.03 Å². The van der Waals surface area contributed by atoms with Crippen molar-refractivity contribution in [2.45, 2.75) is 0 Å². The highest BCUT2D eigenvalue weighted by Gasteiger charge is 2.17. The summed E-state index contributed by atoms with van der Waals surface area (Å²) in [6.45, 7) is 3.67. The average Bonchev–Trinajstić information content (AvgIpc) is 3.34. The Labute approximate surface area is 138 Å². The largest absolute Gasteiger partial charge is 0.490 e. The topological polar surface area (TPSA) is 79.2 Å². The second-order valence-corrected chi connectivity index (χ2v) is 5.44. The molecule has 120 valence electrons. The minimum atomic E-state index is -0.441. The van der Waals surface area contributed by atoms with Crippen molar-refractivity contribution >= 4 is 29.1 Å². The highest BCUT2D eigenvalue weighted by Crippen LogP contribution is 2.28. The number of nitrogens with one attached hydrogen (secondary N) is 2. The standard InChI is InChI=1S/C15H16ClN5O2/c16-11-1-2-13(23-8-7-21-5-6-21)12(9-11)19-15(22)20-14-10-17-3-4-18-14/h1-4,9-10H,5-8H2,(H2,18,19,20,22). The summed E-state index contributed by atoms with van der Waals surface area (Å²) in [4.78, 5) is 22.2. The summed E-state index contributed by atoms with van der Waals surface area (Å²) in [5.74, 6) is 0.932. The van der Waals surface area contributed by atoms with Gasteiger partial charge in [-0.2, -0.15) is 0 Å². The number of hydrogen-bond acceptors (Lipinski definition) is 5. The lowest BCUT2D eigenvalue weighted by molar-refractivity contribution is 0.261. The van der Waals surface area contributed by atoms with E-state index in [0.717, 1.165) is 19.6 Å². The molecular formula is C15H16ClN5O2. The highest BCUT2D eigenvalue weighted by molar-refractivity contribution is 6.31. The van der Waals surface area contributed by atoms with Crippen LogP contribution in [0, 0.1) is 0 Å². The maximum atomic E-state index is 12.0. The van der Waals surface area contributed by atoms with Crippen LogP contribution in [-0.2, 0) is 0 Å². The SMILES string of the molecule is O=C(Nc1cnccn1)Nc1cc(Cl)ccc1OCCN1CC1. The van der Waals surface area contributed by atoms with E-state index in [0.29, 0.717) is 28.9 Å². The molecule has 0 bridgehead atoms. The Bertz CT molecular complexity index is 679. The zero-order chi connectivity index (χ0) is 16.1. The normalized spacial score (nSPS) is 13.4. The monoisotopic (exact) mass is 333 g/mol. The zero-order valence-corrected chi connectivity index (χ0v) is 13.1. The van der Waals surface area contributed by atoms with Crippen molar-refractivity contribution in [3.63, 3.8) is 0 Å². The molecule has 1 fully saturated rings. The van der Waals surface area contributed by atoms with Crippen molar-refractivity contribution in [1.29, 1.82) is 0 Å². The van der Waals surface area contributed by atoms with Gasteiger partial charge in [-0.3, -0.25) is 15.2 Å². The van der Waals surface area contributed by atoms with Gasteiger partial charge in [0.15, 0.2) is 5.82 Å². The van der Waals surface area contributed by atoms with Gasteiger partial charge in [-0.1, -0.05) is 11.6 Å². The fraction of sp³-hybridized carbons (Fsp3) is 0.267. The van der Waals surface area contributed by atoms with Crippen molar-refractivity contribution in [2.24, 2.45) is 0 Å². The first-order chi connectivity index (χ1) is 11.2. The molecule has 1 aromatic heterocycles. The minimum Gasteiger partial charge on any atom is -0.490 e. The van der Waals surface area contributed by atoms with Crippen molar-refractivity contribution in [1.82, 2.24) is 14.9 Å². The van der Waals surface area contributed by atoms with E-state index in [1.807, 2.05) is 0 Å². The summed E-state index contributed by atoms with van der Waals surface area (Å²) in [7, 11) is 0. The number of ether oxygens (including phenoxy) is 1. The van der Waals surface area contributed by atoms with Crippen LogP contribution in [0.1, 0.15) is 0 Å². The summed E-state index contributed by atoms with van der Waals surface area (Å²) in [5.41, 5.74) is 0.504. The van der Waals surface area contributed by atoms with E-state index in [2.05, 4.69) is 25.5 Å². The molecule has 1 aliphatic rings. The number of urea groups is 1. The van der Waals surface area contributed by atoms with Gasteiger partial charge < -0.3 is 10.1 Å². The Morgan fingerprint density at radius 1 is 1.30 bits per heavy atom. The van der Waals surface area contributed by atoms with Crippen LogP contribution in [0.2, 0.25) is 5.02 Å². The molecule has 2 N–H and O–H groups in total. The third-order valence-electron chi connectivity index (χ3n) is 3.20. The van der Waals surface area contributed by atoms with E-state index in [1.165, 1.54) is 18.6 Å². The van der Waals surface area contributed by atoms with Gasteiger partial charge in [-0.05, 0) is 18.2 Å². The Morgan fingerprint density at radius 2 is 2.17 bits per heavy atom. The number of benzene rings is 1. The van der Waals surface area contributed by atoms with E-state index >= 15 is 0 Å². The van der Waals surface area contributed by atoms with Crippen molar-refractivity contribution in [3.8, 4) is 5.75 Å². The number of carbonyl (C=O) groups excluding carboxylic acids is 1. The van der Waals surface area contributed by atoms with Crippen LogP contribution in [-0.4, -0.2) is 47.1 Å². The van der Waals surface area contributed by atoms with E-state index in [4.69, 9.17) is 16.3 Å². The number of amides is 2. The molecule has 8 heteroatoms. The van der Waals surface area contributed by atoms with E-state index in [1.54, 1.807) is 18.2 Å². The molecule has 1 aromatic carbocycles. The van der Waals surface area contributed by atoms with E-state index in [9.17, 15) is 4.79 Å². The van der Waals surface area contributed by atoms with Gasteiger partial charge in [0.2, 0.25) is 0 Å².